The predicted molar refractivity (Wildman–Crippen MR) is 48.3 cm³/mol. The van der Waals surface area contributed by atoms with Crippen molar-refractivity contribution in [1.82, 2.24) is 9.36 Å². The molecule has 78 valence electrons. The molecule has 0 bridgehead atoms. The molecule has 9 heteroatoms. The van der Waals surface area contributed by atoms with E-state index in [2.05, 4.69) is 14.1 Å². The van der Waals surface area contributed by atoms with E-state index in [0.29, 0.717) is 0 Å². The third kappa shape index (κ3) is 2.93. The lowest BCUT2D eigenvalue weighted by Crippen LogP contribution is -2.09. The molecule has 0 radical (unpaired) electrons. The Hall–Kier alpha value is -0.660. The average Bonchev–Trinajstić information content (AvgIpc) is 2.43. The molecule has 0 amide bonds. The molecule has 5 nitrogen and oxygen atoms in total. The fourth-order valence-corrected chi connectivity index (χ4v) is 2.15. The fraction of sp³-hybridized carbons (Fsp3) is 0.400. The Bertz CT molecular complexity index is 346. The van der Waals surface area contributed by atoms with Crippen LogP contribution in [-0.4, -0.2) is 27.0 Å². The van der Waals surface area contributed by atoms with Gasteiger partial charge in [-0.2, -0.15) is 4.39 Å². The van der Waals surface area contributed by atoms with Crippen LogP contribution in [0.5, 0.6) is 5.19 Å². The van der Waals surface area contributed by atoms with Gasteiger partial charge in [-0.15, -0.1) is 4.98 Å². The van der Waals surface area contributed by atoms with Crippen LogP contribution in [0.25, 0.3) is 0 Å². The zero-order valence-electron chi connectivity index (χ0n) is 6.48. The lowest BCUT2D eigenvalue weighted by atomic mass is 10.7. The molecule has 0 aromatic carbocycles. The van der Waals surface area contributed by atoms with Crippen molar-refractivity contribution in [2.45, 2.75) is 4.17 Å². The molecule has 0 aliphatic carbocycles. The summed E-state index contributed by atoms with van der Waals surface area (Å²) in [4.78, 5) is 13.4. The summed E-state index contributed by atoms with van der Waals surface area (Å²) in [5, 5.41) is 8.10. The third-order valence-electron chi connectivity index (χ3n) is 1.02. The summed E-state index contributed by atoms with van der Waals surface area (Å²) >= 11 is 10.9. The van der Waals surface area contributed by atoms with Crippen LogP contribution in [0.3, 0.4) is 0 Å². The Kier molecular flexibility index (Phi) is 3.85. The highest BCUT2D eigenvalue weighted by Crippen LogP contribution is 2.42. The van der Waals surface area contributed by atoms with E-state index in [4.69, 9.17) is 28.3 Å². The first-order chi connectivity index (χ1) is 6.50. The maximum atomic E-state index is 12.5. The molecule has 1 atom stereocenters. The van der Waals surface area contributed by atoms with E-state index in [0.717, 1.165) is 0 Å². The highest BCUT2D eigenvalue weighted by atomic mass is 35.5. The van der Waals surface area contributed by atoms with Gasteiger partial charge in [-0.25, -0.2) is 4.79 Å². The smallest absolute Gasteiger partial charge is 0.466 e. The van der Waals surface area contributed by atoms with Crippen molar-refractivity contribution in [2.24, 2.45) is 0 Å². The highest BCUT2D eigenvalue weighted by Gasteiger charge is 2.30. The lowest BCUT2D eigenvalue weighted by molar-refractivity contribution is -0.139. The van der Waals surface area contributed by atoms with Crippen LogP contribution >= 0.6 is 33.9 Å². The van der Waals surface area contributed by atoms with Crippen LogP contribution in [0, 0.1) is 6.08 Å². The van der Waals surface area contributed by atoms with Gasteiger partial charge in [0.2, 0.25) is 0 Å². The number of carbonyl (C=O) groups is 1. The van der Waals surface area contributed by atoms with E-state index in [1.54, 1.807) is 0 Å². The minimum Gasteiger partial charge on any atom is -0.479 e. The van der Waals surface area contributed by atoms with Crippen molar-refractivity contribution < 1.29 is 19.0 Å². The van der Waals surface area contributed by atoms with Crippen LogP contribution in [-0.2, 0) is 4.79 Å². The van der Waals surface area contributed by atoms with Gasteiger partial charge in [-0.1, -0.05) is 0 Å². The number of alkyl halides is 2. The van der Waals surface area contributed by atoms with E-state index in [1.807, 2.05) is 0 Å². The maximum Gasteiger partial charge on any atom is 0.466 e. The van der Waals surface area contributed by atoms with Gasteiger partial charge in [0.25, 0.3) is 0 Å². The maximum absolute atomic E-state index is 12.5. The van der Waals surface area contributed by atoms with Crippen molar-refractivity contribution in [1.29, 1.82) is 0 Å². The second-order valence-corrected chi connectivity index (χ2v) is 5.24. The first-order valence-corrected chi connectivity index (χ1v) is 5.31. The average molecular weight is 262 g/mol. The molecule has 1 aromatic heterocycles. The van der Waals surface area contributed by atoms with Crippen LogP contribution in [0.15, 0.2) is 0 Å². The van der Waals surface area contributed by atoms with E-state index in [9.17, 15) is 9.18 Å². The van der Waals surface area contributed by atoms with Crippen molar-refractivity contribution >= 4 is 39.8 Å². The van der Waals surface area contributed by atoms with Crippen LogP contribution in [0.1, 0.15) is 4.17 Å². The predicted octanol–water partition coefficient (Wildman–Crippen LogP) is 1.76. The van der Waals surface area contributed by atoms with Gasteiger partial charge in [-0.3, -0.25) is 0 Å². The molecule has 0 saturated heterocycles. The van der Waals surface area contributed by atoms with E-state index in [-0.39, 0.29) is 5.19 Å². The molecule has 1 unspecified atom stereocenters. The molecule has 0 aliphatic heterocycles. The van der Waals surface area contributed by atoms with E-state index < -0.39 is 33.5 Å². The Morgan fingerprint density at radius 2 is 2.36 bits per heavy atom. The standard InChI is InChI=1S/C5H3Cl2FN2O3S/c6-3(7)14-5(9-4(8)10-14)13-1-2(11)12/h3H,1H2/p+1. The lowest BCUT2D eigenvalue weighted by Gasteiger charge is -1.93. The molecular weight excluding hydrogens is 258 g/mol. The molecule has 0 aliphatic rings. The summed E-state index contributed by atoms with van der Waals surface area (Å²) in [6.07, 6.45) is -1.01. The largest absolute Gasteiger partial charge is 0.479 e. The zero-order chi connectivity index (χ0) is 10.7. The number of rotatable bonds is 4. The molecule has 1 heterocycles. The first-order valence-electron chi connectivity index (χ1n) is 3.19. The van der Waals surface area contributed by atoms with Gasteiger partial charge in [0.05, 0.1) is 0 Å². The first kappa shape index (κ1) is 11.4. The van der Waals surface area contributed by atoms with Gasteiger partial charge in [0.15, 0.2) is 17.3 Å². The molecule has 1 rings (SSSR count). The fourth-order valence-electron chi connectivity index (χ4n) is 0.595. The summed E-state index contributed by atoms with van der Waals surface area (Å²) < 4.78 is 19.5. The molecule has 0 fully saturated rings. The molecule has 0 spiro atoms. The van der Waals surface area contributed by atoms with Crippen LogP contribution in [0.4, 0.5) is 4.39 Å². The normalized spacial score (nSPS) is 11.9. The number of nitrogens with zero attached hydrogens (tertiary/aromatic N) is 2. The van der Waals surface area contributed by atoms with Crippen molar-refractivity contribution in [3.05, 3.63) is 6.08 Å². The number of aliphatic carboxylic acids is 1. The second-order valence-electron chi connectivity index (χ2n) is 2.00. The Morgan fingerprint density at radius 3 is 2.86 bits per heavy atom. The monoisotopic (exact) mass is 261 g/mol. The molecular formula is C5H4Cl2FN2O3S+. The third-order valence-corrected chi connectivity index (χ3v) is 3.29. The summed E-state index contributed by atoms with van der Waals surface area (Å²) in [7, 11) is -1.26. The molecule has 14 heavy (non-hydrogen) atoms. The van der Waals surface area contributed by atoms with Crippen molar-refractivity contribution in [3.63, 3.8) is 0 Å². The zero-order valence-corrected chi connectivity index (χ0v) is 8.81. The molecule has 1 N–H and O–H groups in total. The summed E-state index contributed by atoms with van der Waals surface area (Å²) in [6, 6.07) is 0. The number of hydrogen-bond acceptors (Lipinski definition) is 4. The Balaban J connectivity index is 2.79. The second kappa shape index (κ2) is 4.72. The van der Waals surface area contributed by atoms with Crippen LogP contribution in [0.2, 0.25) is 0 Å². The summed E-state index contributed by atoms with van der Waals surface area (Å²) in [5.41, 5.74) is 0. The minimum absolute atomic E-state index is 0.195. The number of aromatic nitrogens is 2. The number of ether oxygens (including phenoxy) is 1. The Morgan fingerprint density at radius 1 is 1.71 bits per heavy atom. The topological polar surface area (TPSA) is 72.3 Å². The number of carboxylic acid groups (broad SMARTS) is 1. The molecule has 0 saturated carbocycles. The van der Waals surface area contributed by atoms with Crippen molar-refractivity contribution in [3.8, 4) is 5.19 Å². The van der Waals surface area contributed by atoms with Crippen LogP contribution < -0.4 is 4.74 Å². The van der Waals surface area contributed by atoms with Gasteiger partial charge >= 0.3 is 21.4 Å². The van der Waals surface area contributed by atoms with Gasteiger partial charge in [0, 0.05) is 4.37 Å². The summed E-state index contributed by atoms with van der Waals surface area (Å²) in [6.45, 7) is -0.633. The number of halogens is 3. The summed E-state index contributed by atoms with van der Waals surface area (Å²) in [5.74, 6) is -1.20. The Labute approximate surface area is 90.6 Å². The van der Waals surface area contributed by atoms with Gasteiger partial charge in [-0.05, 0) is 23.2 Å². The highest BCUT2D eigenvalue weighted by molar-refractivity contribution is 7.33. The van der Waals surface area contributed by atoms with E-state index >= 15 is 0 Å². The molecule has 1 aromatic rings. The van der Waals surface area contributed by atoms with Gasteiger partial charge in [0.1, 0.15) is 0 Å². The van der Waals surface area contributed by atoms with Crippen molar-refractivity contribution in [2.75, 3.05) is 6.61 Å². The number of hydrogen-bond donors (Lipinski definition) is 1. The minimum atomic E-state index is -1.26. The SMILES string of the molecule is O=C(O)COc1nc(F)n[s+]1C(Cl)Cl. The van der Waals surface area contributed by atoms with E-state index in [1.165, 1.54) is 0 Å². The number of carboxylic acids is 1. The quantitative estimate of drug-likeness (QED) is 0.661. The van der Waals surface area contributed by atoms with Gasteiger partial charge < -0.3 is 9.84 Å².